The Kier molecular flexibility index (Phi) is 3.66. The zero-order valence-electron chi connectivity index (χ0n) is 9.54. The molecule has 1 aliphatic rings. The van der Waals surface area contributed by atoms with Gasteiger partial charge in [-0.05, 0) is 31.7 Å². The van der Waals surface area contributed by atoms with Crippen LogP contribution in [0.15, 0.2) is 6.20 Å². The summed E-state index contributed by atoms with van der Waals surface area (Å²) in [5.41, 5.74) is 2.72. The zero-order chi connectivity index (χ0) is 11.5. The lowest BCUT2D eigenvalue weighted by Gasteiger charge is -2.31. The molecule has 0 aromatic carbocycles. The zero-order valence-corrected chi connectivity index (χ0v) is 10.3. The average Bonchev–Trinajstić information content (AvgIpc) is 2.31. The first-order chi connectivity index (χ1) is 7.74. The normalized spacial score (nSPS) is 16.6. The molecule has 0 atom stereocenters. The standard InChI is InChI=1S/C12H17ClN2O/c1-9-7-14-10(8-16)11(13)12(9)15-5-3-2-4-6-15/h7,16H,2-6,8H2,1H3. The summed E-state index contributed by atoms with van der Waals surface area (Å²) in [5.74, 6) is 0. The smallest absolute Gasteiger partial charge is 0.0881 e. The van der Waals surface area contributed by atoms with Gasteiger partial charge in [-0.25, -0.2) is 0 Å². The summed E-state index contributed by atoms with van der Waals surface area (Å²) in [5, 5.41) is 9.78. The summed E-state index contributed by atoms with van der Waals surface area (Å²) >= 11 is 6.28. The van der Waals surface area contributed by atoms with E-state index in [9.17, 15) is 0 Å². The number of rotatable bonds is 2. The van der Waals surface area contributed by atoms with Crippen molar-refractivity contribution < 1.29 is 5.11 Å². The molecule has 0 bridgehead atoms. The molecule has 0 radical (unpaired) electrons. The number of anilines is 1. The van der Waals surface area contributed by atoms with E-state index in [0.717, 1.165) is 24.3 Å². The molecule has 1 fully saturated rings. The van der Waals surface area contributed by atoms with Gasteiger partial charge in [-0.15, -0.1) is 0 Å². The minimum Gasteiger partial charge on any atom is -0.390 e. The number of halogens is 1. The summed E-state index contributed by atoms with van der Waals surface area (Å²) in [7, 11) is 0. The second kappa shape index (κ2) is 5.02. The number of aryl methyl sites for hydroxylation is 1. The van der Waals surface area contributed by atoms with Crippen LogP contribution in [0.1, 0.15) is 30.5 Å². The van der Waals surface area contributed by atoms with E-state index in [4.69, 9.17) is 16.7 Å². The fourth-order valence-electron chi connectivity index (χ4n) is 2.22. The maximum absolute atomic E-state index is 9.17. The third kappa shape index (κ3) is 2.15. The minimum absolute atomic E-state index is 0.0973. The number of pyridine rings is 1. The van der Waals surface area contributed by atoms with Crippen LogP contribution < -0.4 is 4.90 Å². The fourth-order valence-corrected chi connectivity index (χ4v) is 2.60. The summed E-state index contributed by atoms with van der Waals surface area (Å²) in [6.45, 7) is 4.02. The molecule has 88 valence electrons. The van der Waals surface area contributed by atoms with Crippen molar-refractivity contribution in [2.75, 3.05) is 18.0 Å². The van der Waals surface area contributed by atoms with E-state index in [1.54, 1.807) is 6.20 Å². The highest BCUT2D eigenvalue weighted by molar-refractivity contribution is 6.34. The number of aliphatic hydroxyl groups excluding tert-OH is 1. The van der Waals surface area contributed by atoms with Gasteiger partial charge in [0.15, 0.2) is 0 Å². The van der Waals surface area contributed by atoms with Crippen molar-refractivity contribution in [3.63, 3.8) is 0 Å². The molecule has 1 aliphatic heterocycles. The van der Waals surface area contributed by atoms with Crippen molar-refractivity contribution >= 4 is 17.3 Å². The van der Waals surface area contributed by atoms with Crippen LogP contribution in [0.25, 0.3) is 0 Å². The van der Waals surface area contributed by atoms with Crippen molar-refractivity contribution in [2.24, 2.45) is 0 Å². The number of hydrogen-bond acceptors (Lipinski definition) is 3. The molecule has 0 unspecified atom stereocenters. The summed E-state index contributed by atoms with van der Waals surface area (Å²) in [6, 6.07) is 0. The van der Waals surface area contributed by atoms with Gasteiger partial charge in [0.05, 0.1) is 23.0 Å². The molecule has 1 aromatic rings. The molecule has 0 saturated carbocycles. The molecule has 2 heterocycles. The molecule has 16 heavy (non-hydrogen) atoms. The Labute approximate surface area is 101 Å². The number of aromatic nitrogens is 1. The summed E-state index contributed by atoms with van der Waals surface area (Å²) in [6.07, 6.45) is 5.52. The molecule has 1 saturated heterocycles. The Morgan fingerprint density at radius 2 is 2.06 bits per heavy atom. The first kappa shape index (κ1) is 11.7. The van der Waals surface area contributed by atoms with E-state index in [1.807, 2.05) is 6.92 Å². The van der Waals surface area contributed by atoms with Crippen molar-refractivity contribution in [2.45, 2.75) is 32.8 Å². The Balaban J connectivity index is 2.37. The molecular formula is C12H17ClN2O. The van der Waals surface area contributed by atoms with Gasteiger partial charge < -0.3 is 10.0 Å². The molecule has 4 heteroatoms. The Morgan fingerprint density at radius 3 is 2.69 bits per heavy atom. The summed E-state index contributed by atoms with van der Waals surface area (Å²) in [4.78, 5) is 6.45. The van der Waals surface area contributed by atoms with Crippen LogP contribution in [-0.2, 0) is 6.61 Å². The second-order valence-electron chi connectivity index (χ2n) is 4.26. The topological polar surface area (TPSA) is 36.4 Å². The van der Waals surface area contributed by atoms with E-state index < -0.39 is 0 Å². The van der Waals surface area contributed by atoms with Crippen LogP contribution in [0.4, 0.5) is 5.69 Å². The quantitative estimate of drug-likeness (QED) is 0.863. The monoisotopic (exact) mass is 240 g/mol. The van der Waals surface area contributed by atoms with E-state index in [2.05, 4.69) is 9.88 Å². The fraction of sp³-hybridized carbons (Fsp3) is 0.583. The number of hydrogen-bond donors (Lipinski definition) is 1. The molecule has 1 N–H and O–H groups in total. The Morgan fingerprint density at radius 1 is 1.38 bits per heavy atom. The molecule has 0 aliphatic carbocycles. The lowest BCUT2D eigenvalue weighted by atomic mass is 10.1. The van der Waals surface area contributed by atoms with Gasteiger partial charge in [0.25, 0.3) is 0 Å². The molecule has 2 rings (SSSR count). The average molecular weight is 241 g/mol. The van der Waals surface area contributed by atoms with Gasteiger partial charge in [-0.1, -0.05) is 11.6 Å². The number of nitrogens with zero attached hydrogens (tertiary/aromatic N) is 2. The lowest BCUT2D eigenvalue weighted by molar-refractivity contribution is 0.277. The predicted molar refractivity (Wildman–Crippen MR) is 66.0 cm³/mol. The Hall–Kier alpha value is -0.800. The predicted octanol–water partition coefficient (Wildman–Crippen LogP) is 2.53. The molecule has 0 spiro atoms. The molecule has 1 aromatic heterocycles. The van der Waals surface area contributed by atoms with Crippen LogP contribution in [0.3, 0.4) is 0 Å². The van der Waals surface area contributed by atoms with Crippen LogP contribution in [0.5, 0.6) is 0 Å². The van der Waals surface area contributed by atoms with Crippen LogP contribution in [0.2, 0.25) is 5.02 Å². The third-order valence-electron chi connectivity index (χ3n) is 3.07. The SMILES string of the molecule is Cc1cnc(CO)c(Cl)c1N1CCCCC1. The van der Waals surface area contributed by atoms with Crippen LogP contribution in [0, 0.1) is 6.92 Å². The lowest BCUT2D eigenvalue weighted by Crippen LogP contribution is -2.30. The van der Waals surface area contributed by atoms with Gasteiger partial charge in [-0.3, -0.25) is 4.98 Å². The summed E-state index contributed by atoms with van der Waals surface area (Å²) < 4.78 is 0. The molecule has 0 amide bonds. The van der Waals surface area contributed by atoms with E-state index in [1.165, 1.54) is 19.3 Å². The maximum atomic E-state index is 9.17. The molecular weight excluding hydrogens is 224 g/mol. The second-order valence-corrected chi connectivity index (χ2v) is 4.63. The maximum Gasteiger partial charge on any atom is 0.0881 e. The first-order valence-electron chi connectivity index (χ1n) is 5.74. The van der Waals surface area contributed by atoms with Crippen LogP contribution >= 0.6 is 11.6 Å². The largest absolute Gasteiger partial charge is 0.390 e. The van der Waals surface area contributed by atoms with Crippen molar-refractivity contribution in [3.05, 3.63) is 22.5 Å². The number of aliphatic hydroxyl groups is 1. The van der Waals surface area contributed by atoms with E-state index in [0.29, 0.717) is 10.7 Å². The Bertz CT molecular complexity index is 376. The highest BCUT2D eigenvalue weighted by Gasteiger charge is 2.18. The van der Waals surface area contributed by atoms with Gasteiger partial charge in [0, 0.05) is 19.3 Å². The highest BCUT2D eigenvalue weighted by atomic mass is 35.5. The van der Waals surface area contributed by atoms with Crippen molar-refractivity contribution in [3.8, 4) is 0 Å². The van der Waals surface area contributed by atoms with Gasteiger partial charge >= 0.3 is 0 Å². The van der Waals surface area contributed by atoms with Crippen LogP contribution in [-0.4, -0.2) is 23.2 Å². The highest BCUT2D eigenvalue weighted by Crippen LogP contribution is 2.33. The third-order valence-corrected chi connectivity index (χ3v) is 3.47. The van der Waals surface area contributed by atoms with E-state index >= 15 is 0 Å². The van der Waals surface area contributed by atoms with Crippen molar-refractivity contribution in [1.29, 1.82) is 0 Å². The minimum atomic E-state index is -0.0973. The van der Waals surface area contributed by atoms with Crippen molar-refractivity contribution in [1.82, 2.24) is 4.98 Å². The van der Waals surface area contributed by atoms with Gasteiger partial charge in [-0.2, -0.15) is 0 Å². The number of piperidine rings is 1. The first-order valence-corrected chi connectivity index (χ1v) is 6.11. The van der Waals surface area contributed by atoms with Gasteiger partial charge in [0.2, 0.25) is 0 Å². The molecule has 3 nitrogen and oxygen atoms in total. The van der Waals surface area contributed by atoms with E-state index in [-0.39, 0.29) is 6.61 Å². The van der Waals surface area contributed by atoms with Gasteiger partial charge in [0.1, 0.15) is 0 Å².